The topological polar surface area (TPSA) is 122 Å². The van der Waals surface area contributed by atoms with Gasteiger partial charge in [-0.25, -0.2) is 14.2 Å². The summed E-state index contributed by atoms with van der Waals surface area (Å²) in [4.78, 5) is 24.6. The van der Waals surface area contributed by atoms with Crippen molar-refractivity contribution in [1.82, 2.24) is 9.55 Å². The maximum absolute atomic E-state index is 13.5. The summed E-state index contributed by atoms with van der Waals surface area (Å²) in [6.45, 7) is 0. The first-order valence-corrected chi connectivity index (χ1v) is 5.10. The van der Waals surface area contributed by atoms with Crippen molar-refractivity contribution in [2.45, 2.75) is 0 Å². The molecule has 2 aromatic rings. The van der Waals surface area contributed by atoms with Crippen molar-refractivity contribution in [2.75, 3.05) is 0 Å². The van der Waals surface area contributed by atoms with E-state index in [-0.39, 0.29) is 11.5 Å². The van der Waals surface area contributed by atoms with Gasteiger partial charge in [-0.2, -0.15) is 5.26 Å². The molecule has 0 aliphatic heterocycles. The molecule has 1 heterocycles. The van der Waals surface area contributed by atoms with Gasteiger partial charge < -0.3 is 5.11 Å². The van der Waals surface area contributed by atoms with Gasteiger partial charge in [-0.3, -0.25) is 14.7 Å². The highest BCUT2D eigenvalue weighted by Crippen LogP contribution is 2.27. The number of rotatable bonds is 3. The SMILES string of the molecule is N#Cc1nccn1-c1cc(C(=O)O)c(F)cc1[N+](=O)[O-]. The fraction of sp³-hybridized carbons (Fsp3) is 0. The van der Waals surface area contributed by atoms with E-state index in [4.69, 9.17) is 10.4 Å². The number of nitrogens with zero attached hydrogens (tertiary/aromatic N) is 4. The van der Waals surface area contributed by atoms with E-state index >= 15 is 0 Å². The Morgan fingerprint density at radius 1 is 1.55 bits per heavy atom. The molecule has 1 N–H and O–H groups in total. The highest BCUT2D eigenvalue weighted by molar-refractivity contribution is 5.89. The summed E-state index contributed by atoms with van der Waals surface area (Å²) < 4.78 is 14.5. The van der Waals surface area contributed by atoms with Gasteiger partial charge in [0.1, 0.15) is 17.6 Å². The molecule has 0 unspecified atom stereocenters. The lowest BCUT2D eigenvalue weighted by Gasteiger charge is -2.07. The Morgan fingerprint density at radius 2 is 2.25 bits per heavy atom. The molecule has 1 aromatic carbocycles. The third kappa shape index (κ3) is 2.05. The third-order valence-electron chi connectivity index (χ3n) is 2.49. The van der Waals surface area contributed by atoms with E-state index in [2.05, 4.69) is 4.98 Å². The van der Waals surface area contributed by atoms with Crippen LogP contribution in [0, 0.1) is 27.3 Å². The van der Waals surface area contributed by atoms with Crippen LogP contribution >= 0.6 is 0 Å². The van der Waals surface area contributed by atoms with Crippen molar-refractivity contribution in [2.24, 2.45) is 0 Å². The first-order chi connectivity index (χ1) is 9.45. The standard InChI is InChI=1S/C11H5FN4O4/c12-7-4-9(16(19)20)8(3-6(7)11(17)18)15-2-1-14-10(15)5-13/h1-4H,(H,17,18). The Hall–Kier alpha value is -3.28. The zero-order valence-corrected chi connectivity index (χ0v) is 9.65. The summed E-state index contributed by atoms with van der Waals surface area (Å²) in [6.07, 6.45) is 2.45. The van der Waals surface area contributed by atoms with Gasteiger partial charge in [0.15, 0.2) is 0 Å². The number of nitriles is 1. The average molecular weight is 276 g/mol. The molecule has 8 nitrogen and oxygen atoms in total. The summed E-state index contributed by atoms with van der Waals surface area (Å²) in [5.41, 5.74) is -1.65. The number of nitro groups is 1. The largest absolute Gasteiger partial charge is 0.478 e. The molecule has 0 spiro atoms. The summed E-state index contributed by atoms with van der Waals surface area (Å²) >= 11 is 0. The fourth-order valence-electron chi connectivity index (χ4n) is 1.63. The predicted octanol–water partition coefficient (Wildman–Crippen LogP) is 1.49. The molecule has 0 aliphatic rings. The minimum atomic E-state index is -1.57. The number of carboxylic acids is 1. The second-order valence-corrected chi connectivity index (χ2v) is 3.62. The Morgan fingerprint density at radius 3 is 2.80 bits per heavy atom. The van der Waals surface area contributed by atoms with Crippen LogP contribution in [-0.2, 0) is 0 Å². The lowest BCUT2D eigenvalue weighted by atomic mass is 10.1. The average Bonchev–Trinajstić information content (AvgIpc) is 2.85. The van der Waals surface area contributed by atoms with Crippen molar-refractivity contribution in [1.29, 1.82) is 5.26 Å². The molecule has 0 saturated heterocycles. The summed E-state index contributed by atoms with van der Waals surface area (Å²) in [5, 5.41) is 28.6. The van der Waals surface area contributed by atoms with Crippen LogP contribution in [0.1, 0.15) is 16.2 Å². The van der Waals surface area contributed by atoms with E-state index in [0.29, 0.717) is 6.07 Å². The number of carbonyl (C=O) groups is 1. The molecule has 0 amide bonds. The van der Waals surface area contributed by atoms with Crippen LogP contribution in [-0.4, -0.2) is 25.6 Å². The van der Waals surface area contributed by atoms with Gasteiger partial charge in [0.2, 0.25) is 5.82 Å². The van der Waals surface area contributed by atoms with Crippen molar-refractivity contribution in [3.63, 3.8) is 0 Å². The second kappa shape index (κ2) is 4.77. The first-order valence-electron chi connectivity index (χ1n) is 5.10. The highest BCUT2D eigenvalue weighted by Gasteiger charge is 2.24. The fourth-order valence-corrected chi connectivity index (χ4v) is 1.63. The molecule has 0 atom stereocenters. The van der Waals surface area contributed by atoms with Crippen LogP contribution in [0.2, 0.25) is 0 Å². The minimum Gasteiger partial charge on any atom is -0.478 e. The molecule has 0 fully saturated rings. The van der Waals surface area contributed by atoms with Crippen molar-refractivity contribution in [3.05, 3.63) is 51.8 Å². The maximum Gasteiger partial charge on any atom is 0.338 e. The smallest absolute Gasteiger partial charge is 0.338 e. The van der Waals surface area contributed by atoms with Gasteiger partial charge >= 0.3 is 5.97 Å². The number of benzene rings is 1. The van der Waals surface area contributed by atoms with Crippen LogP contribution in [0.4, 0.5) is 10.1 Å². The van der Waals surface area contributed by atoms with E-state index in [1.807, 2.05) is 0 Å². The molecule has 0 saturated carbocycles. The lowest BCUT2D eigenvalue weighted by molar-refractivity contribution is -0.384. The zero-order chi connectivity index (χ0) is 14.9. The molecule has 0 radical (unpaired) electrons. The highest BCUT2D eigenvalue weighted by atomic mass is 19.1. The van der Waals surface area contributed by atoms with Crippen LogP contribution in [0.25, 0.3) is 5.69 Å². The molecule has 2 rings (SSSR count). The minimum absolute atomic E-state index is 0.184. The molecular weight excluding hydrogens is 271 g/mol. The monoisotopic (exact) mass is 276 g/mol. The number of hydrogen-bond donors (Lipinski definition) is 1. The molecule has 1 aromatic heterocycles. The van der Waals surface area contributed by atoms with Gasteiger partial charge in [-0.05, 0) is 6.07 Å². The number of aromatic carboxylic acids is 1. The second-order valence-electron chi connectivity index (χ2n) is 3.62. The third-order valence-corrected chi connectivity index (χ3v) is 2.49. The van der Waals surface area contributed by atoms with E-state index in [1.165, 1.54) is 12.4 Å². The molecule has 20 heavy (non-hydrogen) atoms. The number of halogens is 1. The number of hydrogen-bond acceptors (Lipinski definition) is 5. The van der Waals surface area contributed by atoms with E-state index in [0.717, 1.165) is 10.6 Å². The van der Waals surface area contributed by atoms with E-state index < -0.39 is 28.0 Å². The van der Waals surface area contributed by atoms with Crippen molar-refractivity contribution < 1.29 is 19.2 Å². The Bertz CT molecular complexity index is 762. The number of imidazole rings is 1. The molecule has 100 valence electrons. The number of nitro benzene ring substituents is 1. The Labute approximate surface area is 110 Å². The van der Waals surface area contributed by atoms with Gasteiger partial charge in [0, 0.05) is 12.4 Å². The molecule has 0 aliphatic carbocycles. The van der Waals surface area contributed by atoms with E-state index in [9.17, 15) is 19.3 Å². The Kier molecular flexibility index (Phi) is 3.14. The normalized spacial score (nSPS) is 10.0. The van der Waals surface area contributed by atoms with Gasteiger partial charge in [0.05, 0.1) is 16.6 Å². The molecule has 0 bridgehead atoms. The van der Waals surface area contributed by atoms with Gasteiger partial charge in [-0.1, -0.05) is 0 Å². The maximum atomic E-state index is 13.5. The van der Waals surface area contributed by atoms with Crippen LogP contribution in [0.15, 0.2) is 24.5 Å². The summed E-state index contributed by atoms with van der Waals surface area (Å²) in [5.74, 6) is -2.99. The zero-order valence-electron chi connectivity index (χ0n) is 9.65. The first kappa shape index (κ1) is 13.2. The van der Waals surface area contributed by atoms with Gasteiger partial charge in [0.25, 0.3) is 5.69 Å². The van der Waals surface area contributed by atoms with Crippen LogP contribution < -0.4 is 0 Å². The van der Waals surface area contributed by atoms with Gasteiger partial charge in [-0.15, -0.1) is 0 Å². The van der Waals surface area contributed by atoms with Crippen molar-refractivity contribution >= 4 is 11.7 Å². The molecular formula is C11H5FN4O4. The number of aromatic nitrogens is 2. The van der Waals surface area contributed by atoms with E-state index in [1.54, 1.807) is 6.07 Å². The summed E-state index contributed by atoms with van der Waals surface area (Å²) in [6, 6.07) is 2.98. The van der Waals surface area contributed by atoms with Crippen LogP contribution in [0.5, 0.6) is 0 Å². The quantitative estimate of drug-likeness (QED) is 0.669. The lowest BCUT2D eigenvalue weighted by Crippen LogP contribution is -2.07. The van der Waals surface area contributed by atoms with Crippen LogP contribution in [0.3, 0.4) is 0 Å². The number of carboxylic acid groups (broad SMARTS) is 1. The van der Waals surface area contributed by atoms with Crippen molar-refractivity contribution in [3.8, 4) is 11.8 Å². The molecule has 9 heteroatoms. The Balaban J connectivity index is 2.80. The predicted molar refractivity (Wildman–Crippen MR) is 61.9 cm³/mol. The summed E-state index contributed by atoms with van der Waals surface area (Å²) in [7, 11) is 0.